The Bertz CT molecular complexity index is 1430. The minimum atomic E-state index is -0.276. The zero-order valence-electron chi connectivity index (χ0n) is 28.9. The number of rotatable bonds is 6. The van der Waals surface area contributed by atoms with Crippen molar-refractivity contribution < 1.29 is 18.9 Å². The fraction of sp³-hybridized carbons (Fsp3) is 0.500. The Labute approximate surface area is 284 Å². The summed E-state index contributed by atoms with van der Waals surface area (Å²) in [5, 5.41) is 2.05. The fourth-order valence-electron chi connectivity index (χ4n) is 4.72. The van der Waals surface area contributed by atoms with Crippen LogP contribution in [-0.4, -0.2) is 55.3 Å². The number of fused-ring (bicyclic) bond motifs is 2. The second-order valence-corrected chi connectivity index (χ2v) is 12.9. The van der Waals surface area contributed by atoms with Crippen molar-refractivity contribution in [2.45, 2.75) is 106 Å². The molecular weight excluding hydrogens is 586 g/mol. The van der Waals surface area contributed by atoms with E-state index < -0.39 is 0 Å². The van der Waals surface area contributed by atoms with Crippen molar-refractivity contribution in [1.82, 2.24) is 4.90 Å². The molecule has 3 aliphatic heterocycles. The summed E-state index contributed by atoms with van der Waals surface area (Å²) in [6, 6.07) is 23.7. The third kappa shape index (κ3) is 14.8. The largest absolute Gasteiger partial charge is 0.462 e. The van der Waals surface area contributed by atoms with Gasteiger partial charge >= 0.3 is 0 Å². The van der Waals surface area contributed by atoms with Gasteiger partial charge in [0, 0.05) is 16.7 Å². The van der Waals surface area contributed by atoms with Gasteiger partial charge in [-0.15, -0.1) is 6.42 Å². The predicted molar refractivity (Wildman–Crippen MR) is 192 cm³/mol. The van der Waals surface area contributed by atoms with E-state index in [1.54, 1.807) is 0 Å². The fourth-order valence-corrected chi connectivity index (χ4v) is 4.72. The number of ether oxygens (including phenoxy) is 4. The normalized spacial score (nSPS) is 16.1. The summed E-state index contributed by atoms with van der Waals surface area (Å²) < 4.78 is 22.0. The molecule has 3 aromatic carbocycles. The molecule has 0 amide bonds. The minimum absolute atomic E-state index is 0. The molecule has 3 aliphatic rings. The Morgan fingerprint density at radius 3 is 1.96 bits per heavy atom. The lowest BCUT2D eigenvalue weighted by molar-refractivity contribution is -0.150. The molecule has 1 atom stereocenters. The Morgan fingerprint density at radius 1 is 0.851 bits per heavy atom. The molecule has 0 saturated carbocycles. The molecule has 0 bridgehead atoms. The molecule has 3 heterocycles. The van der Waals surface area contributed by atoms with E-state index in [-0.39, 0.29) is 25.9 Å². The van der Waals surface area contributed by atoms with Gasteiger partial charge in [-0.05, 0) is 110 Å². The number of likely N-dealkylation sites (tertiary alicyclic amines) is 1. The van der Waals surface area contributed by atoms with Crippen LogP contribution >= 0.6 is 0 Å². The number of hydrogen-bond acceptors (Lipinski definition) is 7. The summed E-state index contributed by atoms with van der Waals surface area (Å²) in [5.74, 6) is 3.48. The molecule has 0 spiro atoms. The smallest absolute Gasteiger partial charge is 0.223 e. The molecule has 7 heteroatoms. The van der Waals surface area contributed by atoms with Gasteiger partial charge in [-0.2, -0.15) is 0 Å². The Morgan fingerprint density at radius 2 is 1.43 bits per heavy atom. The van der Waals surface area contributed by atoms with Crippen LogP contribution in [0.5, 0.6) is 5.75 Å². The molecule has 0 aromatic heterocycles. The van der Waals surface area contributed by atoms with Crippen LogP contribution in [0.4, 0.5) is 0 Å². The van der Waals surface area contributed by atoms with Crippen molar-refractivity contribution >= 4 is 0 Å². The molecular formula is C40H57N3O4. The summed E-state index contributed by atoms with van der Waals surface area (Å²) in [4.78, 5) is 10.8. The highest BCUT2D eigenvalue weighted by Gasteiger charge is 2.23. The Balaban J connectivity index is 0.000000221. The van der Waals surface area contributed by atoms with Crippen molar-refractivity contribution in [2.24, 2.45) is 9.98 Å². The highest BCUT2D eigenvalue weighted by Crippen LogP contribution is 2.25. The van der Waals surface area contributed by atoms with E-state index in [0.29, 0.717) is 32.0 Å². The lowest BCUT2D eigenvalue weighted by atomic mass is 10.1. The third-order valence-corrected chi connectivity index (χ3v) is 7.34. The summed E-state index contributed by atoms with van der Waals surface area (Å²) in [5.41, 5.74) is 3.58. The monoisotopic (exact) mass is 643 g/mol. The zero-order chi connectivity index (χ0) is 33.4. The number of benzene rings is 3. The van der Waals surface area contributed by atoms with E-state index in [9.17, 15) is 0 Å². The first-order chi connectivity index (χ1) is 22.0. The van der Waals surface area contributed by atoms with Crippen molar-refractivity contribution in [3.8, 4) is 18.1 Å². The highest BCUT2D eigenvalue weighted by molar-refractivity contribution is 5.34. The number of para-hydroxylation sites is 3. The third-order valence-electron chi connectivity index (χ3n) is 7.34. The Hall–Kier alpha value is -3.54. The van der Waals surface area contributed by atoms with Gasteiger partial charge in [0.2, 0.25) is 6.29 Å². The molecule has 0 aliphatic carbocycles. The maximum atomic E-state index is 5.64. The highest BCUT2D eigenvalue weighted by atomic mass is 16.7. The second-order valence-electron chi connectivity index (χ2n) is 12.9. The van der Waals surface area contributed by atoms with Crippen LogP contribution in [0.25, 0.3) is 0 Å². The molecule has 7 nitrogen and oxygen atoms in total. The van der Waals surface area contributed by atoms with E-state index >= 15 is 0 Å². The van der Waals surface area contributed by atoms with Crippen LogP contribution in [-0.2, 0) is 27.4 Å². The van der Waals surface area contributed by atoms with Crippen LogP contribution in [0.1, 0.15) is 85.4 Å². The number of hydrogen-bond donors (Lipinski definition) is 0. The lowest BCUT2D eigenvalue weighted by Gasteiger charge is -2.31. The molecule has 47 heavy (non-hydrogen) atoms. The topological polar surface area (TPSA) is 64.9 Å². The predicted octanol–water partition coefficient (Wildman–Crippen LogP) is 7.35. The van der Waals surface area contributed by atoms with Gasteiger partial charge in [0.05, 0.1) is 36.1 Å². The van der Waals surface area contributed by atoms with Gasteiger partial charge in [0.1, 0.15) is 19.0 Å². The van der Waals surface area contributed by atoms with Crippen LogP contribution in [0.15, 0.2) is 82.8 Å². The minimum Gasteiger partial charge on any atom is -0.462 e. The van der Waals surface area contributed by atoms with Crippen LogP contribution in [0.2, 0.25) is 0 Å². The maximum Gasteiger partial charge on any atom is 0.223 e. The molecule has 1 saturated heterocycles. The van der Waals surface area contributed by atoms with Gasteiger partial charge in [-0.3, -0.25) is 14.9 Å². The van der Waals surface area contributed by atoms with Gasteiger partial charge in [-0.25, -0.2) is 0 Å². The van der Waals surface area contributed by atoms with Crippen LogP contribution in [0.3, 0.4) is 0 Å². The first-order valence-corrected chi connectivity index (χ1v) is 16.4. The van der Waals surface area contributed by atoms with Crippen molar-refractivity contribution in [1.29, 1.82) is 0 Å². The summed E-state index contributed by atoms with van der Waals surface area (Å²) in [6.07, 6.45) is 8.24. The van der Waals surface area contributed by atoms with E-state index in [0.717, 1.165) is 33.2 Å². The molecule has 3 aromatic rings. The van der Waals surface area contributed by atoms with E-state index in [1.165, 1.54) is 25.9 Å². The molecule has 1 fully saturated rings. The number of nitrogens with zero attached hydrogens (tertiary/aromatic N) is 3. The molecule has 256 valence electrons. The van der Waals surface area contributed by atoms with Crippen molar-refractivity contribution in [3.05, 3.63) is 100 Å². The summed E-state index contributed by atoms with van der Waals surface area (Å²) in [7, 11) is 0. The van der Waals surface area contributed by atoms with Gasteiger partial charge in [-0.1, -0.05) is 55.8 Å². The SMILES string of the molecule is C.C#Cc1ccc(COC(C)C)cc1.CC(C)(C)N1CCCC1.CC(C)OCC1OCc2ccccc2O1.c1ccc2c(c1)=NCN=2. The van der Waals surface area contributed by atoms with Crippen molar-refractivity contribution in [2.75, 3.05) is 26.4 Å². The molecule has 6 rings (SSSR count). The van der Waals surface area contributed by atoms with Crippen LogP contribution < -0.4 is 15.5 Å². The maximum absolute atomic E-state index is 5.64. The quantitative estimate of drug-likeness (QED) is 0.263. The van der Waals surface area contributed by atoms with Crippen LogP contribution in [0, 0.1) is 12.3 Å². The average Bonchev–Trinajstić information content (AvgIpc) is 3.77. The van der Waals surface area contributed by atoms with E-state index in [2.05, 4.69) is 41.6 Å². The van der Waals surface area contributed by atoms with Crippen molar-refractivity contribution in [3.63, 3.8) is 0 Å². The van der Waals surface area contributed by atoms with Gasteiger partial charge in [0.25, 0.3) is 0 Å². The second kappa shape index (κ2) is 20.6. The molecule has 0 radical (unpaired) electrons. The first-order valence-electron chi connectivity index (χ1n) is 16.4. The molecule has 0 N–H and O–H groups in total. The number of terminal acetylenes is 1. The first kappa shape index (κ1) is 39.6. The van der Waals surface area contributed by atoms with E-state index in [1.807, 2.05) is 100 Å². The van der Waals surface area contributed by atoms with E-state index in [4.69, 9.17) is 25.4 Å². The zero-order valence-corrected chi connectivity index (χ0v) is 28.9. The summed E-state index contributed by atoms with van der Waals surface area (Å²) >= 11 is 0. The average molecular weight is 644 g/mol. The Kier molecular flexibility index (Phi) is 17.4. The lowest BCUT2D eigenvalue weighted by Crippen LogP contribution is -2.38. The standard InChI is InChI=1S/C12H16O3.C12H14O.C8H17N.C7H6N2.CH4/c1-9(2)13-8-12-14-7-10-5-3-4-6-11(10)15-12;1-4-11-5-7-12(8-6-11)9-13-10(2)3;1-8(2,3)9-6-4-5-7-9;1-2-4-7-6(3-1)8-5-9-7;/h3-6,9,12H,7-8H2,1-2H3;1,5-8,10H,9H2,2-3H3;4-7H2,1-3H3;1-4H,5H2;1H4. The summed E-state index contributed by atoms with van der Waals surface area (Å²) in [6.45, 7) is 19.9. The molecule has 1 unspecified atom stereocenters. The van der Waals surface area contributed by atoms with Gasteiger partial charge in [0.15, 0.2) is 0 Å². The van der Waals surface area contributed by atoms with Gasteiger partial charge < -0.3 is 18.9 Å².